The molecule has 2 rings (SSSR count). The zero-order valence-corrected chi connectivity index (χ0v) is 13.5. The van der Waals surface area contributed by atoms with Crippen LogP contribution in [-0.4, -0.2) is 31.4 Å². The number of sulfonamides is 1. The van der Waals surface area contributed by atoms with Crippen LogP contribution in [0.5, 0.6) is 0 Å². The summed E-state index contributed by atoms with van der Waals surface area (Å²) in [6, 6.07) is 3.32. The molecule has 1 aromatic rings. The molecule has 0 radical (unpaired) electrons. The van der Waals surface area contributed by atoms with Crippen LogP contribution in [-0.2, 0) is 16.6 Å². The first kappa shape index (κ1) is 15.0. The highest BCUT2D eigenvalue weighted by molar-refractivity contribution is 9.10. The van der Waals surface area contributed by atoms with Gasteiger partial charge in [-0.3, -0.25) is 0 Å². The van der Waals surface area contributed by atoms with Gasteiger partial charge >= 0.3 is 0 Å². The topological polar surface area (TPSA) is 57.6 Å². The maximum atomic E-state index is 12.6. The Labute approximate surface area is 122 Å². The minimum Gasteiger partial charge on any atom is -0.392 e. The first-order valence-electron chi connectivity index (χ1n) is 6.22. The van der Waals surface area contributed by atoms with Crippen LogP contribution in [0.25, 0.3) is 0 Å². The van der Waals surface area contributed by atoms with Gasteiger partial charge in [-0.15, -0.1) is 0 Å². The standard InChI is InChI=1S/C13H18BrNO3S/c1-9-5-11(8-16)6-12(13(9)14)19(17,18)15(2)7-10-3-4-10/h5-6,10,16H,3-4,7-8H2,1-2H3. The van der Waals surface area contributed by atoms with E-state index in [1.165, 1.54) is 10.4 Å². The van der Waals surface area contributed by atoms with Crippen LogP contribution >= 0.6 is 15.9 Å². The molecule has 6 heteroatoms. The normalized spacial score (nSPS) is 16.1. The number of hydrogen-bond donors (Lipinski definition) is 1. The van der Waals surface area contributed by atoms with Gasteiger partial charge in [0.15, 0.2) is 0 Å². The Kier molecular flexibility index (Phi) is 4.35. The van der Waals surface area contributed by atoms with Crippen molar-refractivity contribution >= 4 is 26.0 Å². The first-order valence-corrected chi connectivity index (χ1v) is 8.45. The first-order chi connectivity index (χ1) is 8.86. The highest BCUT2D eigenvalue weighted by Crippen LogP contribution is 2.33. The van der Waals surface area contributed by atoms with Gasteiger partial charge < -0.3 is 5.11 Å². The Morgan fingerprint density at radius 3 is 2.58 bits per heavy atom. The Balaban J connectivity index is 2.40. The summed E-state index contributed by atoms with van der Waals surface area (Å²) in [7, 11) is -1.89. The predicted molar refractivity (Wildman–Crippen MR) is 77.3 cm³/mol. The van der Waals surface area contributed by atoms with Gasteiger partial charge in [0.05, 0.1) is 11.5 Å². The monoisotopic (exact) mass is 347 g/mol. The fourth-order valence-corrected chi connectivity index (χ4v) is 4.29. The number of nitrogens with zero attached hydrogens (tertiary/aromatic N) is 1. The van der Waals surface area contributed by atoms with Crippen molar-refractivity contribution < 1.29 is 13.5 Å². The van der Waals surface area contributed by atoms with Gasteiger partial charge in [-0.25, -0.2) is 12.7 Å². The predicted octanol–water partition coefficient (Wildman–Crippen LogP) is 2.28. The Hall–Kier alpha value is -0.430. The van der Waals surface area contributed by atoms with Gasteiger partial charge in [-0.05, 0) is 58.8 Å². The van der Waals surface area contributed by atoms with Crippen molar-refractivity contribution in [3.8, 4) is 0 Å². The molecule has 0 spiro atoms. The molecule has 1 saturated carbocycles. The van der Waals surface area contributed by atoms with Crippen LogP contribution in [0.4, 0.5) is 0 Å². The molecule has 1 fully saturated rings. The molecule has 106 valence electrons. The van der Waals surface area contributed by atoms with Crippen LogP contribution in [0.1, 0.15) is 24.0 Å². The minimum absolute atomic E-state index is 0.164. The largest absolute Gasteiger partial charge is 0.392 e. The Morgan fingerprint density at radius 2 is 2.05 bits per heavy atom. The number of aliphatic hydroxyl groups is 1. The molecule has 0 bridgehead atoms. The summed E-state index contributed by atoms with van der Waals surface area (Å²) >= 11 is 3.34. The van der Waals surface area contributed by atoms with Crippen LogP contribution in [0.2, 0.25) is 0 Å². The molecule has 0 aromatic heterocycles. The van der Waals surface area contributed by atoms with Crippen molar-refractivity contribution in [3.63, 3.8) is 0 Å². The maximum absolute atomic E-state index is 12.6. The highest BCUT2D eigenvalue weighted by atomic mass is 79.9. The molecular formula is C13H18BrNO3S. The summed E-state index contributed by atoms with van der Waals surface area (Å²) in [5, 5.41) is 9.21. The second-order valence-electron chi connectivity index (χ2n) is 5.11. The summed E-state index contributed by atoms with van der Waals surface area (Å²) in [6.45, 7) is 2.23. The molecule has 1 aliphatic carbocycles. The third kappa shape index (κ3) is 3.18. The third-order valence-corrected chi connectivity index (χ3v) is 6.53. The average Bonchev–Trinajstić information content (AvgIpc) is 3.15. The SMILES string of the molecule is Cc1cc(CO)cc(S(=O)(=O)N(C)CC2CC2)c1Br. The highest BCUT2D eigenvalue weighted by Gasteiger charge is 2.30. The quantitative estimate of drug-likeness (QED) is 0.888. The Bertz CT molecular complexity index is 582. The van der Waals surface area contributed by atoms with Crippen molar-refractivity contribution in [2.75, 3.05) is 13.6 Å². The van der Waals surface area contributed by atoms with E-state index in [1.807, 2.05) is 6.92 Å². The van der Waals surface area contributed by atoms with Gasteiger partial charge in [0, 0.05) is 18.1 Å². The second kappa shape index (κ2) is 5.52. The van der Waals surface area contributed by atoms with Crippen molar-refractivity contribution in [1.82, 2.24) is 4.31 Å². The molecule has 0 heterocycles. The number of rotatable bonds is 5. The van der Waals surface area contributed by atoms with Gasteiger partial charge in [-0.1, -0.05) is 6.07 Å². The van der Waals surface area contributed by atoms with E-state index in [2.05, 4.69) is 15.9 Å². The summed E-state index contributed by atoms with van der Waals surface area (Å²) in [4.78, 5) is 0.236. The number of benzene rings is 1. The molecule has 1 aromatic carbocycles. The molecule has 0 unspecified atom stereocenters. The summed E-state index contributed by atoms with van der Waals surface area (Å²) in [5.41, 5.74) is 1.42. The number of aliphatic hydroxyl groups excluding tert-OH is 1. The van der Waals surface area contributed by atoms with E-state index >= 15 is 0 Å². The van der Waals surface area contributed by atoms with E-state index in [9.17, 15) is 13.5 Å². The summed E-state index contributed by atoms with van der Waals surface area (Å²) in [6.07, 6.45) is 2.22. The van der Waals surface area contributed by atoms with E-state index in [1.54, 1.807) is 13.1 Å². The zero-order chi connectivity index (χ0) is 14.2. The lowest BCUT2D eigenvalue weighted by Gasteiger charge is -2.19. The molecule has 4 nitrogen and oxygen atoms in total. The fourth-order valence-electron chi connectivity index (χ4n) is 2.02. The molecule has 0 amide bonds. The second-order valence-corrected chi connectivity index (χ2v) is 7.92. The molecule has 0 atom stereocenters. The van der Waals surface area contributed by atoms with E-state index in [0.29, 0.717) is 22.5 Å². The van der Waals surface area contributed by atoms with E-state index in [4.69, 9.17) is 0 Å². The van der Waals surface area contributed by atoms with Crippen LogP contribution in [0.15, 0.2) is 21.5 Å². The molecule has 0 saturated heterocycles. The number of aryl methyl sites for hydroxylation is 1. The maximum Gasteiger partial charge on any atom is 0.243 e. The summed E-state index contributed by atoms with van der Waals surface area (Å²) < 4.78 is 27.1. The number of halogens is 1. The molecular weight excluding hydrogens is 330 g/mol. The number of hydrogen-bond acceptors (Lipinski definition) is 3. The zero-order valence-electron chi connectivity index (χ0n) is 11.1. The van der Waals surface area contributed by atoms with Gasteiger partial charge in [-0.2, -0.15) is 0 Å². The fraction of sp³-hybridized carbons (Fsp3) is 0.538. The smallest absolute Gasteiger partial charge is 0.243 e. The molecule has 1 N–H and O–H groups in total. The third-order valence-electron chi connectivity index (χ3n) is 3.36. The lowest BCUT2D eigenvalue weighted by Crippen LogP contribution is -2.29. The lowest BCUT2D eigenvalue weighted by atomic mass is 10.1. The van der Waals surface area contributed by atoms with Crippen LogP contribution in [0, 0.1) is 12.8 Å². The van der Waals surface area contributed by atoms with Crippen molar-refractivity contribution in [3.05, 3.63) is 27.7 Å². The van der Waals surface area contributed by atoms with Gasteiger partial charge in [0.25, 0.3) is 0 Å². The van der Waals surface area contributed by atoms with Gasteiger partial charge in [0.1, 0.15) is 0 Å². The minimum atomic E-state index is -3.50. The van der Waals surface area contributed by atoms with Crippen molar-refractivity contribution in [2.24, 2.45) is 5.92 Å². The molecule has 1 aliphatic rings. The average molecular weight is 348 g/mol. The van der Waals surface area contributed by atoms with Crippen molar-refractivity contribution in [1.29, 1.82) is 0 Å². The molecule has 0 aliphatic heterocycles. The van der Waals surface area contributed by atoms with E-state index in [-0.39, 0.29) is 11.5 Å². The summed E-state index contributed by atoms with van der Waals surface area (Å²) in [5.74, 6) is 0.501. The van der Waals surface area contributed by atoms with E-state index < -0.39 is 10.0 Å². The van der Waals surface area contributed by atoms with Crippen LogP contribution < -0.4 is 0 Å². The van der Waals surface area contributed by atoms with Crippen LogP contribution in [0.3, 0.4) is 0 Å². The Morgan fingerprint density at radius 1 is 1.42 bits per heavy atom. The van der Waals surface area contributed by atoms with E-state index in [0.717, 1.165) is 18.4 Å². The molecule has 19 heavy (non-hydrogen) atoms. The lowest BCUT2D eigenvalue weighted by molar-refractivity contribution is 0.281. The van der Waals surface area contributed by atoms with Gasteiger partial charge in [0.2, 0.25) is 10.0 Å². The van der Waals surface area contributed by atoms with Crippen molar-refractivity contribution in [2.45, 2.75) is 31.3 Å².